The second kappa shape index (κ2) is 7.03. The van der Waals surface area contributed by atoms with Crippen molar-refractivity contribution in [2.24, 2.45) is 11.7 Å². The van der Waals surface area contributed by atoms with Gasteiger partial charge in [-0.1, -0.05) is 35.8 Å². The van der Waals surface area contributed by atoms with E-state index in [1.807, 2.05) is 0 Å². The summed E-state index contributed by atoms with van der Waals surface area (Å²) in [6, 6.07) is 4.57. The van der Waals surface area contributed by atoms with Crippen LogP contribution in [-0.4, -0.2) is 32.4 Å². The topological polar surface area (TPSA) is 106 Å². The lowest BCUT2D eigenvalue weighted by atomic mass is 9.89. The molecule has 1 amide bonds. The van der Waals surface area contributed by atoms with E-state index in [0.717, 1.165) is 5.56 Å². The van der Waals surface area contributed by atoms with Crippen LogP contribution in [0.3, 0.4) is 0 Å². The Hall–Kier alpha value is -2.09. The van der Waals surface area contributed by atoms with Crippen LogP contribution in [0.4, 0.5) is 5.95 Å². The molecule has 9 heteroatoms. The fourth-order valence-corrected chi connectivity index (χ4v) is 3.21. The first-order valence-corrected chi connectivity index (χ1v) is 8.44. The summed E-state index contributed by atoms with van der Waals surface area (Å²) in [6.07, 6.45) is 1.06. The number of anilines is 1. The molecule has 0 aliphatic carbocycles. The highest BCUT2D eigenvalue weighted by atomic mass is 35.5. The number of nitrogens with zero attached hydrogens (tertiary/aromatic N) is 3. The summed E-state index contributed by atoms with van der Waals surface area (Å²) in [5.74, 6) is -0.241. The zero-order valence-electron chi connectivity index (χ0n) is 13.2. The maximum atomic E-state index is 12.1. The molecule has 2 atom stereocenters. The summed E-state index contributed by atoms with van der Waals surface area (Å²) < 4.78 is 1.61. The standard InChI is InChI=1S/C16H17Cl2N5O2/c1-8-13(15(19)25)14(9-4-5-10(17)11(18)7-9)23-16(20-8)21-12(22-23)3-2-6-24/h4-5,7,13-14,24H,1-3,6H2,(H2,19,25)(H,20,21,22)/t13-,14+/m0/s1. The molecule has 0 bridgehead atoms. The van der Waals surface area contributed by atoms with E-state index in [9.17, 15) is 4.79 Å². The number of hydrogen-bond donors (Lipinski definition) is 3. The maximum absolute atomic E-state index is 12.1. The zero-order valence-corrected chi connectivity index (χ0v) is 14.8. The first kappa shape index (κ1) is 17.7. The average Bonchev–Trinajstić information content (AvgIpc) is 2.96. The van der Waals surface area contributed by atoms with Crippen molar-refractivity contribution in [1.82, 2.24) is 14.8 Å². The van der Waals surface area contributed by atoms with Crippen LogP contribution >= 0.6 is 23.2 Å². The lowest BCUT2D eigenvalue weighted by Gasteiger charge is -2.32. The van der Waals surface area contributed by atoms with Crippen molar-refractivity contribution in [3.8, 4) is 0 Å². The molecular weight excluding hydrogens is 365 g/mol. The van der Waals surface area contributed by atoms with Crippen LogP contribution in [0.25, 0.3) is 0 Å². The van der Waals surface area contributed by atoms with Crippen molar-refractivity contribution in [3.05, 3.63) is 51.9 Å². The number of rotatable bonds is 5. The first-order chi connectivity index (χ1) is 11.9. The minimum atomic E-state index is -0.725. The van der Waals surface area contributed by atoms with Gasteiger partial charge in [0.25, 0.3) is 0 Å². The summed E-state index contributed by atoms with van der Waals surface area (Å²) in [4.78, 5) is 16.5. The van der Waals surface area contributed by atoms with E-state index >= 15 is 0 Å². The smallest absolute Gasteiger partial charge is 0.229 e. The molecule has 25 heavy (non-hydrogen) atoms. The summed E-state index contributed by atoms with van der Waals surface area (Å²) in [5, 5.41) is 17.2. The SMILES string of the molecule is C=C1Nc2nc(CCCO)nn2[C@H](c2ccc(Cl)c(Cl)c2)[C@H]1C(N)=O. The highest BCUT2D eigenvalue weighted by molar-refractivity contribution is 6.42. The Morgan fingerprint density at radius 2 is 2.16 bits per heavy atom. The van der Waals surface area contributed by atoms with Crippen LogP contribution in [0.5, 0.6) is 0 Å². The van der Waals surface area contributed by atoms with Crippen molar-refractivity contribution in [2.75, 3.05) is 11.9 Å². The maximum Gasteiger partial charge on any atom is 0.229 e. The molecule has 0 saturated carbocycles. The minimum Gasteiger partial charge on any atom is -0.396 e. The van der Waals surface area contributed by atoms with E-state index in [0.29, 0.717) is 40.4 Å². The van der Waals surface area contributed by atoms with Crippen molar-refractivity contribution < 1.29 is 9.90 Å². The van der Waals surface area contributed by atoms with Gasteiger partial charge in [-0.3, -0.25) is 4.79 Å². The number of aliphatic hydroxyl groups excluding tert-OH is 1. The molecule has 4 N–H and O–H groups in total. The molecule has 132 valence electrons. The fraction of sp³-hybridized carbons (Fsp3) is 0.312. The van der Waals surface area contributed by atoms with E-state index in [2.05, 4.69) is 22.0 Å². The number of nitrogens with two attached hydrogens (primary N) is 1. The Morgan fingerprint density at radius 1 is 1.40 bits per heavy atom. The fourth-order valence-electron chi connectivity index (χ4n) is 2.90. The molecule has 2 aromatic rings. The lowest BCUT2D eigenvalue weighted by molar-refractivity contribution is -0.121. The molecule has 1 aromatic carbocycles. The third-order valence-electron chi connectivity index (χ3n) is 4.05. The van der Waals surface area contributed by atoms with Gasteiger partial charge in [0.05, 0.1) is 16.1 Å². The lowest BCUT2D eigenvalue weighted by Crippen LogP contribution is -2.40. The Kier molecular flexibility index (Phi) is 4.99. The molecular formula is C16H17Cl2N5O2. The summed E-state index contributed by atoms with van der Waals surface area (Å²) in [6.45, 7) is 3.96. The molecule has 0 fully saturated rings. The second-order valence-corrected chi connectivity index (χ2v) is 6.59. The highest BCUT2D eigenvalue weighted by Gasteiger charge is 2.39. The largest absolute Gasteiger partial charge is 0.396 e. The molecule has 3 rings (SSSR count). The van der Waals surface area contributed by atoms with Gasteiger partial charge in [0.15, 0.2) is 5.82 Å². The number of aryl methyl sites for hydroxylation is 1. The van der Waals surface area contributed by atoms with Gasteiger partial charge < -0.3 is 16.2 Å². The van der Waals surface area contributed by atoms with Crippen molar-refractivity contribution in [3.63, 3.8) is 0 Å². The molecule has 1 aliphatic rings. The van der Waals surface area contributed by atoms with E-state index in [1.165, 1.54) is 0 Å². The first-order valence-electron chi connectivity index (χ1n) is 7.68. The van der Waals surface area contributed by atoms with Gasteiger partial charge in [-0.05, 0) is 24.1 Å². The van der Waals surface area contributed by atoms with Crippen LogP contribution < -0.4 is 11.1 Å². The Balaban J connectivity index is 2.11. The van der Waals surface area contributed by atoms with Gasteiger partial charge in [0.1, 0.15) is 5.92 Å². The number of amides is 1. The Bertz CT molecular complexity index is 836. The van der Waals surface area contributed by atoms with Crippen LogP contribution in [0, 0.1) is 5.92 Å². The molecule has 0 unspecified atom stereocenters. The van der Waals surface area contributed by atoms with Crippen LogP contribution in [0.15, 0.2) is 30.5 Å². The Morgan fingerprint density at radius 3 is 2.80 bits per heavy atom. The molecule has 2 heterocycles. The summed E-state index contributed by atoms with van der Waals surface area (Å²) >= 11 is 12.1. The van der Waals surface area contributed by atoms with Gasteiger partial charge in [0, 0.05) is 18.7 Å². The van der Waals surface area contributed by atoms with Gasteiger partial charge in [-0.25, -0.2) is 4.68 Å². The molecule has 7 nitrogen and oxygen atoms in total. The normalized spacial score (nSPS) is 19.4. The molecule has 1 aliphatic heterocycles. The number of primary amides is 1. The van der Waals surface area contributed by atoms with Gasteiger partial charge in [-0.15, -0.1) is 0 Å². The number of fused-ring (bicyclic) bond motifs is 1. The number of aromatic nitrogens is 3. The predicted molar refractivity (Wildman–Crippen MR) is 95.5 cm³/mol. The van der Waals surface area contributed by atoms with E-state index < -0.39 is 17.9 Å². The van der Waals surface area contributed by atoms with Crippen LogP contribution in [0.1, 0.15) is 23.9 Å². The van der Waals surface area contributed by atoms with Crippen molar-refractivity contribution >= 4 is 35.1 Å². The monoisotopic (exact) mass is 381 g/mol. The number of carbonyl (C=O) groups is 1. The number of hydrogen-bond acceptors (Lipinski definition) is 5. The quantitative estimate of drug-likeness (QED) is 0.735. The number of aliphatic hydroxyl groups is 1. The van der Waals surface area contributed by atoms with Gasteiger partial charge >= 0.3 is 0 Å². The highest BCUT2D eigenvalue weighted by Crippen LogP contribution is 2.39. The van der Waals surface area contributed by atoms with Crippen molar-refractivity contribution in [2.45, 2.75) is 18.9 Å². The molecule has 0 radical (unpaired) electrons. The van der Waals surface area contributed by atoms with Gasteiger partial charge in [0.2, 0.25) is 11.9 Å². The predicted octanol–water partition coefficient (Wildman–Crippen LogP) is 2.14. The van der Waals surface area contributed by atoms with E-state index in [1.54, 1.807) is 22.9 Å². The zero-order chi connectivity index (χ0) is 18.1. The second-order valence-electron chi connectivity index (χ2n) is 5.77. The number of halogens is 2. The molecule has 0 spiro atoms. The number of nitrogens with one attached hydrogen (secondary N) is 1. The third kappa shape index (κ3) is 3.35. The third-order valence-corrected chi connectivity index (χ3v) is 4.79. The van der Waals surface area contributed by atoms with E-state index in [-0.39, 0.29) is 6.61 Å². The molecule has 1 aromatic heterocycles. The van der Waals surface area contributed by atoms with Crippen LogP contribution in [0.2, 0.25) is 10.0 Å². The summed E-state index contributed by atoms with van der Waals surface area (Å²) in [7, 11) is 0. The minimum absolute atomic E-state index is 0.0458. The van der Waals surface area contributed by atoms with Gasteiger partial charge in [-0.2, -0.15) is 10.1 Å². The number of benzene rings is 1. The number of carbonyl (C=O) groups excluding carboxylic acids is 1. The summed E-state index contributed by atoms with van der Waals surface area (Å²) in [5.41, 5.74) is 6.77. The van der Waals surface area contributed by atoms with Crippen LogP contribution in [-0.2, 0) is 11.2 Å². The Labute approximate surface area is 154 Å². The average molecular weight is 382 g/mol. The van der Waals surface area contributed by atoms with E-state index in [4.69, 9.17) is 34.0 Å². The molecule has 0 saturated heterocycles. The van der Waals surface area contributed by atoms with Crippen molar-refractivity contribution in [1.29, 1.82) is 0 Å².